The second-order valence-electron chi connectivity index (χ2n) is 4.94. The molecule has 0 fully saturated rings. The van der Waals surface area contributed by atoms with Crippen LogP contribution in [0, 0.1) is 5.92 Å². The molecule has 0 N–H and O–H groups in total. The molecule has 4 heteroatoms. The fraction of sp³-hybridized carbons (Fsp3) is 0.909. The second kappa shape index (κ2) is 5.10. The Morgan fingerprint density at radius 3 is 2.07 bits per heavy atom. The summed E-state index contributed by atoms with van der Waals surface area (Å²) in [6.45, 7) is 8.67. The van der Waals surface area contributed by atoms with Gasteiger partial charge in [-0.25, -0.2) is 8.42 Å². The predicted molar refractivity (Wildman–Crippen MR) is 62.6 cm³/mol. The maximum atomic E-state index is 11.8. The zero-order chi connectivity index (χ0) is 12.3. The molecular formula is C11H22O3S. The lowest BCUT2D eigenvalue weighted by Crippen LogP contribution is -2.31. The summed E-state index contributed by atoms with van der Waals surface area (Å²) in [4.78, 5) is 11.3. The Morgan fingerprint density at radius 2 is 1.73 bits per heavy atom. The van der Waals surface area contributed by atoms with Gasteiger partial charge in [-0.3, -0.25) is 4.79 Å². The molecule has 0 aliphatic heterocycles. The number of carbonyl (C=O) groups is 1. The topological polar surface area (TPSA) is 51.2 Å². The molecule has 0 heterocycles. The molecule has 0 aromatic heterocycles. The van der Waals surface area contributed by atoms with Gasteiger partial charge in [-0.2, -0.15) is 0 Å². The summed E-state index contributed by atoms with van der Waals surface area (Å²) in [7, 11) is -3.09. The van der Waals surface area contributed by atoms with Crippen molar-refractivity contribution in [3.8, 4) is 0 Å². The Balaban J connectivity index is 4.36. The summed E-state index contributed by atoms with van der Waals surface area (Å²) in [6.07, 6.45) is 0.920. The van der Waals surface area contributed by atoms with E-state index in [-0.39, 0.29) is 17.5 Å². The Kier molecular flexibility index (Phi) is 4.97. The van der Waals surface area contributed by atoms with Crippen molar-refractivity contribution < 1.29 is 13.2 Å². The molecule has 0 aliphatic carbocycles. The minimum absolute atomic E-state index is 0.101. The first kappa shape index (κ1) is 14.6. The lowest BCUT2D eigenvalue weighted by molar-refractivity contribution is -0.122. The molecule has 90 valence electrons. The SMILES string of the molecule is CCC(=O)C(C)CCS(=O)(=O)C(C)(C)C. The summed E-state index contributed by atoms with van der Waals surface area (Å²) in [5.41, 5.74) is 0. The van der Waals surface area contributed by atoms with E-state index in [9.17, 15) is 13.2 Å². The zero-order valence-electron chi connectivity index (χ0n) is 10.3. The van der Waals surface area contributed by atoms with E-state index in [0.717, 1.165) is 0 Å². The predicted octanol–water partition coefficient (Wildman–Crippen LogP) is 2.21. The van der Waals surface area contributed by atoms with E-state index in [1.54, 1.807) is 34.6 Å². The van der Waals surface area contributed by atoms with Crippen LogP contribution in [0.3, 0.4) is 0 Å². The number of hydrogen-bond donors (Lipinski definition) is 0. The fourth-order valence-electron chi connectivity index (χ4n) is 1.15. The molecule has 0 spiro atoms. The van der Waals surface area contributed by atoms with Crippen LogP contribution in [-0.2, 0) is 14.6 Å². The van der Waals surface area contributed by atoms with Crippen molar-refractivity contribution in [1.82, 2.24) is 0 Å². The molecule has 0 aliphatic rings. The van der Waals surface area contributed by atoms with Crippen LogP contribution >= 0.6 is 0 Å². The summed E-state index contributed by atoms with van der Waals surface area (Å²) < 4.78 is 22.8. The van der Waals surface area contributed by atoms with Crippen LogP contribution in [0.15, 0.2) is 0 Å². The fourth-order valence-corrected chi connectivity index (χ4v) is 2.42. The van der Waals surface area contributed by atoms with Gasteiger partial charge in [0, 0.05) is 12.3 Å². The first-order valence-electron chi connectivity index (χ1n) is 5.37. The largest absolute Gasteiger partial charge is 0.299 e. The summed E-state index contributed by atoms with van der Waals surface area (Å²) in [5.74, 6) is 0.0925. The summed E-state index contributed by atoms with van der Waals surface area (Å²) >= 11 is 0. The summed E-state index contributed by atoms with van der Waals surface area (Å²) in [5, 5.41) is 0. The third-order valence-corrected chi connectivity index (χ3v) is 5.29. The zero-order valence-corrected chi connectivity index (χ0v) is 11.1. The molecule has 0 saturated heterocycles. The van der Waals surface area contributed by atoms with Crippen LogP contribution in [0.2, 0.25) is 0 Å². The molecule has 1 unspecified atom stereocenters. The van der Waals surface area contributed by atoms with Crippen LogP contribution in [0.1, 0.15) is 47.5 Å². The molecule has 0 rings (SSSR count). The Hall–Kier alpha value is -0.380. The Labute approximate surface area is 93.2 Å². The first-order chi connectivity index (χ1) is 6.62. The van der Waals surface area contributed by atoms with Crippen LogP contribution in [0.5, 0.6) is 0 Å². The standard InChI is InChI=1S/C11H22O3S/c1-6-10(12)9(2)7-8-15(13,14)11(3,4)5/h9H,6-8H2,1-5H3. The number of sulfone groups is 1. The van der Waals surface area contributed by atoms with Gasteiger partial charge in [-0.1, -0.05) is 13.8 Å². The lowest BCUT2D eigenvalue weighted by atomic mass is 10.0. The van der Waals surface area contributed by atoms with Crippen LogP contribution < -0.4 is 0 Å². The van der Waals surface area contributed by atoms with Crippen molar-refractivity contribution in [1.29, 1.82) is 0 Å². The molecular weight excluding hydrogens is 212 g/mol. The van der Waals surface area contributed by atoms with Gasteiger partial charge in [0.05, 0.1) is 10.5 Å². The number of ketones is 1. The normalized spacial score (nSPS) is 15.0. The highest BCUT2D eigenvalue weighted by Crippen LogP contribution is 2.19. The molecule has 0 aromatic rings. The average molecular weight is 234 g/mol. The van der Waals surface area contributed by atoms with Crippen molar-refractivity contribution in [3.63, 3.8) is 0 Å². The van der Waals surface area contributed by atoms with E-state index in [1.165, 1.54) is 0 Å². The Bertz CT molecular complexity index is 309. The number of Topliss-reactive ketones (excluding diaryl/α,β-unsaturated/α-hetero) is 1. The molecule has 0 saturated carbocycles. The maximum Gasteiger partial charge on any atom is 0.155 e. The maximum absolute atomic E-state index is 11.8. The van der Waals surface area contributed by atoms with E-state index in [1.807, 2.05) is 0 Å². The van der Waals surface area contributed by atoms with Crippen molar-refractivity contribution >= 4 is 15.6 Å². The number of rotatable bonds is 5. The highest BCUT2D eigenvalue weighted by Gasteiger charge is 2.29. The van der Waals surface area contributed by atoms with Gasteiger partial charge in [0.25, 0.3) is 0 Å². The van der Waals surface area contributed by atoms with Gasteiger partial charge in [-0.15, -0.1) is 0 Å². The third kappa shape index (κ3) is 4.33. The van der Waals surface area contributed by atoms with Crippen molar-refractivity contribution in [3.05, 3.63) is 0 Å². The van der Waals surface area contributed by atoms with Crippen LogP contribution in [-0.4, -0.2) is 24.7 Å². The van der Waals surface area contributed by atoms with Gasteiger partial charge in [0.1, 0.15) is 5.78 Å². The van der Waals surface area contributed by atoms with Crippen LogP contribution in [0.25, 0.3) is 0 Å². The van der Waals surface area contributed by atoms with Gasteiger partial charge in [0.15, 0.2) is 9.84 Å². The smallest absolute Gasteiger partial charge is 0.155 e. The third-order valence-electron chi connectivity index (χ3n) is 2.65. The van der Waals surface area contributed by atoms with Gasteiger partial charge in [-0.05, 0) is 27.2 Å². The first-order valence-corrected chi connectivity index (χ1v) is 7.02. The van der Waals surface area contributed by atoms with Crippen LogP contribution in [0.4, 0.5) is 0 Å². The number of hydrogen-bond acceptors (Lipinski definition) is 3. The number of carbonyl (C=O) groups excluding carboxylic acids is 1. The summed E-state index contributed by atoms with van der Waals surface area (Å²) in [6, 6.07) is 0. The van der Waals surface area contributed by atoms with Crippen molar-refractivity contribution in [2.45, 2.75) is 52.2 Å². The minimum Gasteiger partial charge on any atom is -0.299 e. The monoisotopic (exact) mass is 234 g/mol. The van der Waals surface area contributed by atoms with Crippen molar-refractivity contribution in [2.24, 2.45) is 5.92 Å². The highest BCUT2D eigenvalue weighted by atomic mass is 32.2. The van der Waals surface area contributed by atoms with Crippen molar-refractivity contribution in [2.75, 3.05) is 5.75 Å². The lowest BCUT2D eigenvalue weighted by Gasteiger charge is -2.20. The Morgan fingerprint density at radius 1 is 1.27 bits per heavy atom. The molecule has 0 bridgehead atoms. The molecule has 0 aromatic carbocycles. The highest BCUT2D eigenvalue weighted by molar-refractivity contribution is 7.92. The minimum atomic E-state index is -3.09. The van der Waals surface area contributed by atoms with E-state index in [0.29, 0.717) is 12.8 Å². The van der Waals surface area contributed by atoms with E-state index in [2.05, 4.69) is 0 Å². The average Bonchev–Trinajstić information content (AvgIpc) is 2.11. The van der Waals surface area contributed by atoms with E-state index < -0.39 is 14.6 Å². The molecule has 15 heavy (non-hydrogen) atoms. The van der Waals surface area contributed by atoms with E-state index >= 15 is 0 Å². The van der Waals surface area contributed by atoms with E-state index in [4.69, 9.17) is 0 Å². The van der Waals surface area contributed by atoms with Gasteiger partial charge in [0.2, 0.25) is 0 Å². The molecule has 0 radical (unpaired) electrons. The quantitative estimate of drug-likeness (QED) is 0.733. The molecule has 1 atom stereocenters. The molecule has 3 nitrogen and oxygen atoms in total. The second-order valence-corrected chi connectivity index (χ2v) is 7.80. The van der Waals surface area contributed by atoms with Gasteiger partial charge >= 0.3 is 0 Å². The molecule has 0 amide bonds. The van der Waals surface area contributed by atoms with Gasteiger partial charge < -0.3 is 0 Å².